The third kappa shape index (κ3) is 5.22. The number of anilines is 2. The van der Waals surface area contributed by atoms with E-state index < -0.39 is 54.3 Å². The zero-order chi connectivity index (χ0) is 26.6. The van der Waals surface area contributed by atoms with Gasteiger partial charge in [0.25, 0.3) is 34.6 Å². The average Bonchev–Trinajstić information content (AvgIpc) is 2.83. The van der Waals surface area contributed by atoms with Crippen LogP contribution in [0.4, 0.5) is 34.1 Å². The predicted octanol–water partition coefficient (Wildman–Crippen LogP) is 3.82. The SMILES string of the molecule is O=C(Nc1ccc([N+](=O)[O-])cc1[N+](=O)[O-])c1ccccc1C(=O)Nc1ccc([N+](=O)[O-])cc1[N+](=O)[O-]. The Morgan fingerprint density at radius 3 is 1.22 bits per heavy atom. The van der Waals surface area contributed by atoms with Crippen molar-refractivity contribution in [3.63, 3.8) is 0 Å². The van der Waals surface area contributed by atoms with Gasteiger partial charge in [-0.2, -0.15) is 0 Å². The number of nitro benzene ring substituents is 4. The highest BCUT2D eigenvalue weighted by molar-refractivity contribution is 6.16. The molecular formula is C20H12N6O10. The van der Waals surface area contributed by atoms with Gasteiger partial charge in [0.05, 0.1) is 43.0 Å². The van der Waals surface area contributed by atoms with E-state index in [1.165, 1.54) is 24.3 Å². The molecule has 0 aromatic heterocycles. The summed E-state index contributed by atoms with van der Waals surface area (Å²) in [5.41, 5.74) is -4.01. The smallest absolute Gasteiger partial charge is 0.299 e. The summed E-state index contributed by atoms with van der Waals surface area (Å²) in [5.74, 6) is -1.98. The van der Waals surface area contributed by atoms with Crippen LogP contribution < -0.4 is 10.6 Å². The number of hydrogen-bond donors (Lipinski definition) is 2. The van der Waals surface area contributed by atoms with Crippen molar-refractivity contribution in [3.05, 3.63) is 112 Å². The topological polar surface area (TPSA) is 231 Å². The number of carbonyl (C=O) groups excluding carboxylic acids is 2. The third-order valence-electron chi connectivity index (χ3n) is 4.69. The molecule has 182 valence electrons. The highest BCUT2D eigenvalue weighted by atomic mass is 16.6. The van der Waals surface area contributed by atoms with E-state index in [-0.39, 0.29) is 22.5 Å². The second kappa shape index (κ2) is 10.00. The molecule has 36 heavy (non-hydrogen) atoms. The monoisotopic (exact) mass is 496 g/mol. The number of rotatable bonds is 8. The van der Waals surface area contributed by atoms with Gasteiger partial charge in [0, 0.05) is 12.1 Å². The molecule has 0 bridgehead atoms. The van der Waals surface area contributed by atoms with E-state index in [4.69, 9.17) is 0 Å². The summed E-state index contributed by atoms with van der Waals surface area (Å²) in [6.45, 7) is 0. The van der Waals surface area contributed by atoms with Crippen molar-refractivity contribution < 1.29 is 29.3 Å². The molecule has 0 saturated carbocycles. The Hall–Kier alpha value is -5.80. The fraction of sp³-hybridized carbons (Fsp3) is 0. The van der Waals surface area contributed by atoms with Crippen LogP contribution in [0.5, 0.6) is 0 Å². The highest BCUT2D eigenvalue weighted by Gasteiger charge is 2.25. The first-order valence-corrected chi connectivity index (χ1v) is 9.57. The molecule has 0 radical (unpaired) electrons. The van der Waals surface area contributed by atoms with E-state index in [1.807, 2.05) is 0 Å². The van der Waals surface area contributed by atoms with Crippen LogP contribution in [0.25, 0.3) is 0 Å². The van der Waals surface area contributed by atoms with Crippen LogP contribution in [-0.2, 0) is 0 Å². The van der Waals surface area contributed by atoms with Gasteiger partial charge in [-0.15, -0.1) is 0 Å². The van der Waals surface area contributed by atoms with Crippen molar-refractivity contribution in [2.24, 2.45) is 0 Å². The number of non-ortho nitro benzene ring substituents is 2. The molecule has 3 aromatic rings. The quantitative estimate of drug-likeness (QED) is 0.338. The van der Waals surface area contributed by atoms with E-state index in [9.17, 15) is 50.0 Å². The molecule has 3 rings (SSSR count). The molecule has 0 aliphatic rings. The van der Waals surface area contributed by atoms with E-state index in [1.54, 1.807) is 0 Å². The number of benzene rings is 3. The molecule has 0 saturated heterocycles. The molecule has 0 atom stereocenters. The van der Waals surface area contributed by atoms with Crippen molar-refractivity contribution in [1.82, 2.24) is 0 Å². The molecular weight excluding hydrogens is 484 g/mol. The fourth-order valence-electron chi connectivity index (χ4n) is 3.04. The lowest BCUT2D eigenvalue weighted by Gasteiger charge is -2.11. The van der Waals surface area contributed by atoms with Gasteiger partial charge < -0.3 is 10.6 Å². The maximum atomic E-state index is 12.8. The number of hydrogen-bond acceptors (Lipinski definition) is 10. The first kappa shape index (κ1) is 24.8. The van der Waals surface area contributed by atoms with Gasteiger partial charge in [0.2, 0.25) is 0 Å². The fourth-order valence-corrected chi connectivity index (χ4v) is 3.04. The lowest BCUT2D eigenvalue weighted by Crippen LogP contribution is -2.21. The third-order valence-corrected chi connectivity index (χ3v) is 4.69. The molecule has 0 aliphatic heterocycles. The second-order valence-corrected chi connectivity index (χ2v) is 6.89. The highest BCUT2D eigenvalue weighted by Crippen LogP contribution is 2.31. The second-order valence-electron chi connectivity index (χ2n) is 6.89. The van der Waals surface area contributed by atoms with Crippen molar-refractivity contribution in [2.45, 2.75) is 0 Å². The minimum absolute atomic E-state index is 0.285. The number of amides is 2. The standard InChI is InChI=1S/C20H12N6O10/c27-19(21-15-7-5-11(23(29)30)9-17(15)25(33)34)13-3-1-2-4-14(13)20(28)22-16-8-6-12(24(31)32)10-18(16)26(35)36/h1-10H,(H,21,27)(H,22,28). The predicted molar refractivity (Wildman–Crippen MR) is 122 cm³/mol. The number of carbonyl (C=O) groups is 2. The molecule has 0 fully saturated rings. The number of nitrogens with zero attached hydrogens (tertiary/aromatic N) is 4. The molecule has 0 aliphatic carbocycles. The van der Waals surface area contributed by atoms with Crippen molar-refractivity contribution >= 4 is 45.9 Å². The largest absolute Gasteiger partial charge is 0.316 e. The average molecular weight is 496 g/mol. The van der Waals surface area contributed by atoms with Gasteiger partial charge in [0.15, 0.2) is 0 Å². The van der Waals surface area contributed by atoms with E-state index in [2.05, 4.69) is 10.6 Å². The van der Waals surface area contributed by atoms with E-state index in [0.717, 1.165) is 24.3 Å². The molecule has 0 unspecified atom stereocenters. The maximum absolute atomic E-state index is 12.8. The van der Waals surface area contributed by atoms with Crippen LogP contribution in [0.1, 0.15) is 20.7 Å². The molecule has 16 nitrogen and oxygen atoms in total. The Morgan fingerprint density at radius 1 is 0.556 bits per heavy atom. The zero-order valence-corrected chi connectivity index (χ0v) is 17.6. The van der Waals surface area contributed by atoms with E-state index >= 15 is 0 Å². The van der Waals surface area contributed by atoms with Gasteiger partial charge >= 0.3 is 0 Å². The van der Waals surface area contributed by atoms with Gasteiger partial charge in [-0.05, 0) is 24.3 Å². The molecule has 16 heteroatoms. The van der Waals surface area contributed by atoms with Crippen LogP contribution >= 0.6 is 0 Å². The normalized spacial score (nSPS) is 10.2. The minimum atomic E-state index is -0.990. The summed E-state index contributed by atoms with van der Waals surface area (Å²) in [6, 6.07) is 10.3. The summed E-state index contributed by atoms with van der Waals surface area (Å²) < 4.78 is 0. The molecule has 2 amide bonds. The molecule has 0 heterocycles. The summed E-state index contributed by atoms with van der Waals surface area (Å²) in [7, 11) is 0. The van der Waals surface area contributed by atoms with Crippen molar-refractivity contribution in [3.8, 4) is 0 Å². The van der Waals surface area contributed by atoms with Crippen LogP contribution in [0.15, 0.2) is 60.7 Å². The molecule has 0 spiro atoms. The van der Waals surface area contributed by atoms with E-state index in [0.29, 0.717) is 12.1 Å². The summed E-state index contributed by atoms with van der Waals surface area (Å²) in [4.78, 5) is 66.5. The van der Waals surface area contributed by atoms with Crippen LogP contribution in [0, 0.1) is 40.5 Å². The molecule has 2 N–H and O–H groups in total. The Kier molecular flexibility index (Phi) is 6.90. The lowest BCUT2D eigenvalue weighted by molar-refractivity contribution is -0.393. The number of nitro groups is 4. The van der Waals surface area contributed by atoms with Crippen LogP contribution in [0.3, 0.4) is 0 Å². The lowest BCUT2D eigenvalue weighted by atomic mass is 10.1. The zero-order valence-electron chi connectivity index (χ0n) is 17.6. The van der Waals surface area contributed by atoms with Crippen LogP contribution in [-0.4, -0.2) is 31.5 Å². The van der Waals surface area contributed by atoms with Crippen molar-refractivity contribution in [1.29, 1.82) is 0 Å². The summed E-state index contributed by atoms with van der Waals surface area (Å²) in [5, 5.41) is 48.9. The van der Waals surface area contributed by atoms with Gasteiger partial charge in [-0.1, -0.05) is 12.1 Å². The summed E-state index contributed by atoms with van der Waals surface area (Å²) >= 11 is 0. The van der Waals surface area contributed by atoms with Crippen molar-refractivity contribution in [2.75, 3.05) is 10.6 Å². The number of nitrogens with one attached hydrogen (secondary N) is 2. The molecule has 3 aromatic carbocycles. The Labute approximate surface area is 198 Å². The minimum Gasteiger partial charge on any atom is -0.316 e. The Morgan fingerprint density at radius 2 is 0.917 bits per heavy atom. The Balaban J connectivity index is 1.93. The van der Waals surface area contributed by atoms with Gasteiger partial charge in [-0.3, -0.25) is 50.0 Å². The summed E-state index contributed by atoms with van der Waals surface area (Å²) in [6.07, 6.45) is 0. The first-order chi connectivity index (χ1) is 17.0. The first-order valence-electron chi connectivity index (χ1n) is 9.57. The Bertz CT molecular complexity index is 1350. The van der Waals surface area contributed by atoms with Gasteiger partial charge in [-0.25, -0.2) is 0 Å². The van der Waals surface area contributed by atoms with Gasteiger partial charge in [0.1, 0.15) is 11.4 Å². The van der Waals surface area contributed by atoms with Crippen LogP contribution in [0.2, 0.25) is 0 Å². The maximum Gasteiger partial charge on any atom is 0.299 e.